The summed E-state index contributed by atoms with van der Waals surface area (Å²) < 4.78 is 5.90. The molecule has 1 aromatic rings. The molecule has 6 heteroatoms. The average Bonchev–Trinajstić information content (AvgIpc) is 3.13. The fourth-order valence-electron chi connectivity index (χ4n) is 3.05. The van der Waals surface area contributed by atoms with Crippen LogP contribution in [0.1, 0.15) is 32.8 Å². The van der Waals surface area contributed by atoms with Crippen LogP contribution < -0.4 is 10.6 Å². The third-order valence-electron chi connectivity index (χ3n) is 4.58. The summed E-state index contributed by atoms with van der Waals surface area (Å²) >= 11 is 0. The number of hydrogen-bond donors (Lipinski definition) is 2. The summed E-state index contributed by atoms with van der Waals surface area (Å²) in [4.78, 5) is 18.6. The Balaban J connectivity index is 1.73. The molecule has 6 nitrogen and oxygen atoms in total. The largest absolute Gasteiger partial charge is 0.376 e. The van der Waals surface area contributed by atoms with Crippen molar-refractivity contribution in [3.05, 3.63) is 35.9 Å². The number of nitrogens with one attached hydrogen (secondary N) is 2. The van der Waals surface area contributed by atoms with E-state index >= 15 is 0 Å². The van der Waals surface area contributed by atoms with Crippen LogP contribution in [-0.4, -0.2) is 56.1 Å². The molecule has 0 saturated carbocycles. The van der Waals surface area contributed by atoms with Gasteiger partial charge in [0.05, 0.1) is 19.8 Å². The van der Waals surface area contributed by atoms with Crippen molar-refractivity contribution in [2.24, 2.45) is 16.8 Å². The van der Waals surface area contributed by atoms with Gasteiger partial charge in [-0.25, -0.2) is 0 Å². The number of likely N-dealkylation sites (tertiary alicyclic amines) is 1. The topological polar surface area (TPSA) is 66.0 Å². The summed E-state index contributed by atoms with van der Waals surface area (Å²) in [5.41, 5.74) is 1.21. The third-order valence-corrected chi connectivity index (χ3v) is 4.58. The lowest BCUT2D eigenvalue weighted by Crippen LogP contribution is -2.41. The van der Waals surface area contributed by atoms with E-state index < -0.39 is 0 Å². The van der Waals surface area contributed by atoms with Gasteiger partial charge in [-0.2, -0.15) is 0 Å². The molecule has 0 spiro atoms. The lowest BCUT2D eigenvalue weighted by Gasteiger charge is -2.21. The first-order valence-electron chi connectivity index (χ1n) is 10.0. The van der Waals surface area contributed by atoms with Crippen LogP contribution in [0.15, 0.2) is 35.3 Å². The lowest BCUT2D eigenvalue weighted by atomic mass is 10.1. The summed E-state index contributed by atoms with van der Waals surface area (Å²) in [5, 5.41) is 6.27. The molecule has 1 unspecified atom stereocenters. The van der Waals surface area contributed by atoms with Gasteiger partial charge in [-0.3, -0.25) is 9.79 Å². The number of nitrogens with zero attached hydrogens (tertiary/aromatic N) is 2. The van der Waals surface area contributed by atoms with Gasteiger partial charge in [0.25, 0.3) is 0 Å². The molecule has 1 aliphatic heterocycles. The maximum Gasteiger partial charge on any atom is 0.222 e. The maximum atomic E-state index is 11.6. The minimum Gasteiger partial charge on any atom is -0.376 e. The standard InChI is InChI=1S/C21H34N4O2/c1-4-22-21(24-12-11-23-20(26)17(2)3)25-13-10-19(14-25)16-27-15-18-8-6-5-7-9-18/h5-9,17,19H,4,10-16H2,1-3H3,(H,22,24)(H,23,26). The minimum atomic E-state index is 0.0115. The molecule has 1 atom stereocenters. The van der Waals surface area contributed by atoms with Gasteiger partial charge in [-0.15, -0.1) is 0 Å². The number of hydrogen-bond acceptors (Lipinski definition) is 3. The van der Waals surface area contributed by atoms with Gasteiger partial charge in [0, 0.05) is 38.0 Å². The van der Waals surface area contributed by atoms with Gasteiger partial charge in [0.15, 0.2) is 5.96 Å². The zero-order valence-electron chi connectivity index (χ0n) is 16.9. The molecule has 150 valence electrons. The molecule has 1 fully saturated rings. The van der Waals surface area contributed by atoms with E-state index in [1.165, 1.54) is 5.56 Å². The molecular weight excluding hydrogens is 340 g/mol. The summed E-state index contributed by atoms with van der Waals surface area (Å²) in [6.07, 6.45) is 1.11. The molecule has 1 saturated heterocycles. The highest BCUT2D eigenvalue weighted by atomic mass is 16.5. The van der Waals surface area contributed by atoms with E-state index in [1.54, 1.807) is 0 Å². The molecule has 0 aliphatic carbocycles. The number of carbonyl (C=O) groups excluding carboxylic acids is 1. The molecule has 27 heavy (non-hydrogen) atoms. The van der Waals surface area contributed by atoms with Crippen molar-refractivity contribution in [1.82, 2.24) is 15.5 Å². The highest BCUT2D eigenvalue weighted by Crippen LogP contribution is 2.17. The van der Waals surface area contributed by atoms with Crippen LogP contribution in [0.2, 0.25) is 0 Å². The molecule has 0 bridgehead atoms. The van der Waals surface area contributed by atoms with E-state index in [0.29, 0.717) is 25.6 Å². The highest BCUT2D eigenvalue weighted by Gasteiger charge is 2.24. The molecule has 2 rings (SSSR count). The number of rotatable bonds is 9. The fraction of sp³-hybridized carbons (Fsp3) is 0.619. The number of carbonyl (C=O) groups is 1. The summed E-state index contributed by atoms with van der Waals surface area (Å²) in [6.45, 7) is 11.3. The first-order valence-corrected chi connectivity index (χ1v) is 10.0. The Morgan fingerprint density at radius 1 is 1.30 bits per heavy atom. The maximum absolute atomic E-state index is 11.6. The zero-order valence-corrected chi connectivity index (χ0v) is 16.9. The van der Waals surface area contributed by atoms with Crippen molar-refractivity contribution >= 4 is 11.9 Å². The van der Waals surface area contributed by atoms with Gasteiger partial charge < -0.3 is 20.3 Å². The second-order valence-corrected chi connectivity index (χ2v) is 7.28. The molecular formula is C21H34N4O2. The van der Waals surface area contributed by atoms with Crippen LogP contribution in [0.5, 0.6) is 0 Å². The Hall–Kier alpha value is -2.08. The first-order chi connectivity index (χ1) is 13.1. The quantitative estimate of drug-likeness (QED) is 0.395. The van der Waals surface area contributed by atoms with E-state index in [1.807, 2.05) is 32.0 Å². The fourth-order valence-corrected chi connectivity index (χ4v) is 3.05. The van der Waals surface area contributed by atoms with E-state index in [9.17, 15) is 4.79 Å². The Bertz CT molecular complexity index is 589. The second-order valence-electron chi connectivity index (χ2n) is 7.28. The van der Waals surface area contributed by atoms with E-state index in [-0.39, 0.29) is 11.8 Å². The molecule has 0 radical (unpaired) electrons. The highest BCUT2D eigenvalue weighted by molar-refractivity contribution is 5.80. The van der Waals surface area contributed by atoms with Crippen molar-refractivity contribution in [1.29, 1.82) is 0 Å². The number of ether oxygens (including phenoxy) is 1. The normalized spacial score (nSPS) is 17.4. The van der Waals surface area contributed by atoms with Crippen molar-refractivity contribution < 1.29 is 9.53 Å². The minimum absolute atomic E-state index is 0.0115. The molecule has 1 aliphatic rings. The van der Waals surface area contributed by atoms with Gasteiger partial charge in [-0.05, 0) is 18.9 Å². The van der Waals surface area contributed by atoms with Crippen molar-refractivity contribution in [2.75, 3.05) is 39.3 Å². The average molecular weight is 375 g/mol. The summed E-state index contributed by atoms with van der Waals surface area (Å²) in [7, 11) is 0. The lowest BCUT2D eigenvalue weighted by molar-refractivity contribution is -0.123. The smallest absolute Gasteiger partial charge is 0.222 e. The Morgan fingerprint density at radius 2 is 2.07 bits per heavy atom. The van der Waals surface area contributed by atoms with Crippen LogP contribution >= 0.6 is 0 Å². The summed E-state index contributed by atoms with van der Waals surface area (Å²) in [5.74, 6) is 1.55. The Labute approximate surface area is 163 Å². The molecule has 0 aromatic heterocycles. The van der Waals surface area contributed by atoms with Gasteiger partial charge in [-0.1, -0.05) is 44.2 Å². The van der Waals surface area contributed by atoms with E-state index in [4.69, 9.17) is 4.74 Å². The van der Waals surface area contributed by atoms with Gasteiger partial charge in [0.1, 0.15) is 0 Å². The van der Waals surface area contributed by atoms with Gasteiger partial charge in [0.2, 0.25) is 5.91 Å². The molecule has 1 heterocycles. The second kappa shape index (κ2) is 11.6. The van der Waals surface area contributed by atoms with E-state index in [0.717, 1.165) is 38.6 Å². The predicted octanol–water partition coefficient (Wildman–Crippen LogP) is 2.26. The third kappa shape index (κ3) is 7.59. The number of benzene rings is 1. The molecule has 1 amide bonds. The van der Waals surface area contributed by atoms with Crippen molar-refractivity contribution in [3.63, 3.8) is 0 Å². The van der Waals surface area contributed by atoms with Crippen LogP contribution in [-0.2, 0) is 16.1 Å². The number of guanidine groups is 1. The summed E-state index contributed by atoms with van der Waals surface area (Å²) in [6, 6.07) is 10.3. The monoisotopic (exact) mass is 374 g/mol. The first kappa shape index (κ1) is 21.2. The SMILES string of the molecule is CCNC(=NCCNC(=O)C(C)C)N1CCC(COCc2ccccc2)C1. The number of aliphatic imine (C=N–C) groups is 1. The van der Waals surface area contributed by atoms with Crippen LogP contribution in [0.25, 0.3) is 0 Å². The van der Waals surface area contributed by atoms with Crippen molar-refractivity contribution in [2.45, 2.75) is 33.8 Å². The molecule has 1 aromatic carbocycles. The molecule has 2 N–H and O–H groups in total. The van der Waals surface area contributed by atoms with Crippen LogP contribution in [0.3, 0.4) is 0 Å². The van der Waals surface area contributed by atoms with E-state index in [2.05, 4.69) is 39.6 Å². The van der Waals surface area contributed by atoms with Gasteiger partial charge >= 0.3 is 0 Å². The Kier molecular flexibility index (Phi) is 9.11. The van der Waals surface area contributed by atoms with Crippen LogP contribution in [0, 0.1) is 11.8 Å². The zero-order chi connectivity index (χ0) is 19.5. The van der Waals surface area contributed by atoms with Crippen molar-refractivity contribution in [3.8, 4) is 0 Å². The van der Waals surface area contributed by atoms with Crippen LogP contribution in [0.4, 0.5) is 0 Å². The number of amides is 1. The Morgan fingerprint density at radius 3 is 2.78 bits per heavy atom. The predicted molar refractivity (Wildman–Crippen MR) is 110 cm³/mol.